The highest BCUT2D eigenvalue weighted by Gasteiger charge is 2.32. The summed E-state index contributed by atoms with van der Waals surface area (Å²) in [6.07, 6.45) is 1.66. The van der Waals surface area contributed by atoms with Crippen molar-refractivity contribution in [3.63, 3.8) is 0 Å². The predicted molar refractivity (Wildman–Crippen MR) is 48.2 cm³/mol. The SMILES string of the molecule is CCCCS(=O)(=O)N1CC(N)C1. The number of rotatable bonds is 4. The zero-order chi connectivity index (χ0) is 9.19. The van der Waals surface area contributed by atoms with E-state index in [-0.39, 0.29) is 11.8 Å². The molecular formula is C7H16N2O2S. The molecule has 1 aliphatic rings. The molecular weight excluding hydrogens is 176 g/mol. The average Bonchev–Trinajstić information content (AvgIpc) is 1.95. The van der Waals surface area contributed by atoms with Gasteiger partial charge in [-0.1, -0.05) is 13.3 Å². The second kappa shape index (κ2) is 3.72. The number of nitrogens with zero attached hydrogens (tertiary/aromatic N) is 1. The smallest absolute Gasteiger partial charge is 0.214 e. The van der Waals surface area contributed by atoms with E-state index in [0.29, 0.717) is 13.1 Å². The molecule has 0 atom stereocenters. The molecule has 0 radical (unpaired) electrons. The van der Waals surface area contributed by atoms with E-state index in [2.05, 4.69) is 0 Å². The fraction of sp³-hybridized carbons (Fsp3) is 1.00. The Kier molecular flexibility index (Phi) is 3.09. The summed E-state index contributed by atoms with van der Waals surface area (Å²) in [5, 5.41) is 0. The molecule has 1 saturated heterocycles. The molecule has 2 N–H and O–H groups in total. The molecule has 1 heterocycles. The van der Waals surface area contributed by atoms with Gasteiger partial charge in [-0.15, -0.1) is 0 Å². The average molecular weight is 192 g/mol. The minimum absolute atomic E-state index is 0.0569. The van der Waals surface area contributed by atoms with Gasteiger partial charge in [-0.2, -0.15) is 4.31 Å². The molecule has 0 aromatic heterocycles. The summed E-state index contributed by atoms with van der Waals surface area (Å²) in [7, 11) is -2.97. The third kappa shape index (κ3) is 2.18. The fourth-order valence-electron chi connectivity index (χ4n) is 1.15. The lowest BCUT2D eigenvalue weighted by atomic mass is 10.2. The Balaban J connectivity index is 2.39. The Morgan fingerprint density at radius 2 is 2.08 bits per heavy atom. The highest BCUT2D eigenvalue weighted by molar-refractivity contribution is 7.89. The minimum atomic E-state index is -2.97. The molecule has 0 amide bonds. The van der Waals surface area contributed by atoms with Crippen molar-refractivity contribution in [2.75, 3.05) is 18.8 Å². The number of nitrogens with two attached hydrogens (primary N) is 1. The molecule has 0 spiro atoms. The lowest BCUT2D eigenvalue weighted by Crippen LogP contribution is -2.58. The van der Waals surface area contributed by atoms with Crippen molar-refractivity contribution in [1.29, 1.82) is 0 Å². The van der Waals surface area contributed by atoms with Gasteiger partial charge in [0.15, 0.2) is 0 Å². The number of hydrogen-bond donors (Lipinski definition) is 1. The second-order valence-electron chi connectivity index (χ2n) is 3.25. The summed E-state index contributed by atoms with van der Waals surface area (Å²) in [5.74, 6) is 0.274. The van der Waals surface area contributed by atoms with Gasteiger partial charge in [0.1, 0.15) is 0 Å². The van der Waals surface area contributed by atoms with Crippen LogP contribution in [0.4, 0.5) is 0 Å². The molecule has 0 aliphatic carbocycles. The van der Waals surface area contributed by atoms with E-state index in [1.54, 1.807) is 0 Å². The minimum Gasteiger partial charge on any atom is -0.325 e. The first-order valence-electron chi connectivity index (χ1n) is 4.29. The summed E-state index contributed by atoms with van der Waals surface area (Å²) < 4.78 is 24.2. The molecule has 4 nitrogen and oxygen atoms in total. The van der Waals surface area contributed by atoms with Gasteiger partial charge in [0.25, 0.3) is 0 Å². The molecule has 1 rings (SSSR count). The monoisotopic (exact) mass is 192 g/mol. The molecule has 1 fully saturated rings. The predicted octanol–water partition coefficient (Wildman–Crippen LogP) is -0.241. The largest absolute Gasteiger partial charge is 0.325 e. The maximum Gasteiger partial charge on any atom is 0.214 e. The standard InChI is InChI=1S/C7H16N2O2S/c1-2-3-4-12(10,11)9-5-7(8)6-9/h7H,2-6,8H2,1H3. The van der Waals surface area contributed by atoms with Crippen molar-refractivity contribution in [3.8, 4) is 0 Å². The van der Waals surface area contributed by atoms with Crippen LogP contribution >= 0.6 is 0 Å². The lowest BCUT2D eigenvalue weighted by Gasteiger charge is -2.35. The van der Waals surface area contributed by atoms with Crippen LogP contribution < -0.4 is 5.73 Å². The third-order valence-corrected chi connectivity index (χ3v) is 3.92. The molecule has 0 unspecified atom stereocenters. The van der Waals surface area contributed by atoms with Crippen LogP contribution in [0.3, 0.4) is 0 Å². The Labute approximate surface area is 73.8 Å². The Bertz CT molecular complexity index is 232. The number of sulfonamides is 1. The lowest BCUT2D eigenvalue weighted by molar-refractivity contribution is 0.265. The molecule has 72 valence electrons. The Hall–Kier alpha value is -0.130. The van der Waals surface area contributed by atoms with Crippen LogP contribution in [0.2, 0.25) is 0 Å². The van der Waals surface area contributed by atoms with E-state index in [4.69, 9.17) is 5.73 Å². The first-order chi connectivity index (χ1) is 5.56. The van der Waals surface area contributed by atoms with E-state index in [1.807, 2.05) is 6.92 Å². The van der Waals surface area contributed by atoms with E-state index in [1.165, 1.54) is 4.31 Å². The van der Waals surface area contributed by atoms with E-state index in [9.17, 15) is 8.42 Å². The maximum atomic E-state index is 11.4. The van der Waals surface area contributed by atoms with Gasteiger partial charge < -0.3 is 5.73 Å². The van der Waals surface area contributed by atoms with Crippen molar-refractivity contribution in [2.45, 2.75) is 25.8 Å². The van der Waals surface area contributed by atoms with Gasteiger partial charge in [0.05, 0.1) is 5.75 Å². The fourth-order valence-corrected chi connectivity index (χ4v) is 2.90. The van der Waals surface area contributed by atoms with Crippen molar-refractivity contribution in [3.05, 3.63) is 0 Å². The molecule has 5 heteroatoms. The van der Waals surface area contributed by atoms with Crippen LogP contribution in [-0.2, 0) is 10.0 Å². The summed E-state index contributed by atoms with van der Waals surface area (Å²) in [6.45, 7) is 3.00. The molecule has 0 aromatic carbocycles. The van der Waals surface area contributed by atoms with Gasteiger partial charge in [-0.05, 0) is 6.42 Å². The third-order valence-electron chi connectivity index (χ3n) is 2.03. The second-order valence-corrected chi connectivity index (χ2v) is 5.34. The molecule has 12 heavy (non-hydrogen) atoms. The highest BCUT2D eigenvalue weighted by atomic mass is 32.2. The normalized spacial score (nSPS) is 20.8. The highest BCUT2D eigenvalue weighted by Crippen LogP contribution is 2.13. The Morgan fingerprint density at radius 3 is 2.50 bits per heavy atom. The van der Waals surface area contributed by atoms with Gasteiger partial charge >= 0.3 is 0 Å². The van der Waals surface area contributed by atoms with Crippen LogP contribution in [-0.4, -0.2) is 37.6 Å². The first-order valence-corrected chi connectivity index (χ1v) is 5.90. The summed E-state index contributed by atoms with van der Waals surface area (Å²) in [4.78, 5) is 0. The number of unbranched alkanes of at least 4 members (excludes halogenated alkanes) is 1. The first kappa shape index (κ1) is 9.95. The van der Waals surface area contributed by atoms with Crippen LogP contribution in [0, 0.1) is 0 Å². The molecule has 0 saturated carbocycles. The van der Waals surface area contributed by atoms with E-state index < -0.39 is 10.0 Å². The van der Waals surface area contributed by atoms with Crippen LogP contribution in [0.15, 0.2) is 0 Å². The summed E-state index contributed by atoms with van der Waals surface area (Å²) in [6, 6.07) is 0.0569. The quantitative estimate of drug-likeness (QED) is 0.668. The van der Waals surface area contributed by atoms with Gasteiger partial charge in [-0.25, -0.2) is 8.42 Å². The molecule has 0 bridgehead atoms. The van der Waals surface area contributed by atoms with Gasteiger partial charge in [0.2, 0.25) is 10.0 Å². The molecule has 1 aliphatic heterocycles. The van der Waals surface area contributed by atoms with E-state index >= 15 is 0 Å². The van der Waals surface area contributed by atoms with E-state index in [0.717, 1.165) is 12.8 Å². The van der Waals surface area contributed by atoms with Gasteiger partial charge in [-0.3, -0.25) is 0 Å². The van der Waals surface area contributed by atoms with Crippen molar-refractivity contribution in [1.82, 2.24) is 4.31 Å². The van der Waals surface area contributed by atoms with Crippen molar-refractivity contribution < 1.29 is 8.42 Å². The van der Waals surface area contributed by atoms with Gasteiger partial charge in [0, 0.05) is 19.1 Å². The van der Waals surface area contributed by atoms with Crippen LogP contribution in [0.5, 0.6) is 0 Å². The maximum absolute atomic E-state index is 11.4. The van der Waals surface area contributed by atoms with Crippen LogP contribution in [0.25, 0.3) is 0 Å². The van der Waals surface area contributed by atoms with Crippen molar-refractivity contribution >= 4 is 10.0 Å². The Morgan fingerprint density at radius 1 is 1.50 bits per heavy atom. The van der Waals surface area contributed by atoms with Crippen molar-refractivity contribution in [2.24, 2.45) is 5.73 Å². The zero-order valence-corrected chi connectivity index (χ0v) is 8.18. The molecule has 0 aromatic rings. The summed E-state index contributed by atoms with van der Waals surface area (Å²) in [5.41, 5.74) is 5.49. The van der Waals surface area contributed by atoms with Crippen LogP contribution in [0.1, 0.15) is 19.8 Å². The number of hydrogen-bond acceptors (Lipinski definition) is 3. The summed E-state index contributed by atoms with van der Waals surface area (Å²) >= 11 is 0. The topological polar surface area (TPSA) is 63.4 Å². The zero-order valence-electron chi connectivity index (χ0n) is 7.36.